The number of rotatable bonds is 7. The fourth-order valence-electron chi connectivity index (χ4n) is 4.26. The van der Waals surface area contributed by atoms with E-state index in [0.29, 0.717) is 12.8 Å². The smallest absolute Gasteiger partial charge is 0.241 e. The number of hydrogen-bond donors (Lipinski definition) is 1. The molecule has 6 heteroatoms. The first-order valence-electron chi connectivity index (χ1n) is 10.9. The first-order valence-corrected chi connectivity index (χ1v) is 12.4. The van der Waals surface area contributed by atoms with Gasteiger partial charge in [-0.25, -0.2) is 13.1 Å². The molecule has 0 unspecified atom stereocenters. The van der Waals surface area contributed by atoms with Gasteiger partial charge < -0.3 is 4.90 Å². The van der Waals surface area contributed by atoms with Crippen molar-refractivity contribution in [1.29, 1.82) is 0 Å². The first-order chi connectivity index (χ1) is 15.3. The van der Waals surface area contributed by atoms with Crippen LogP contribution in [0.4, 0.5) is 5.69 Å². The maximum atomic E-state index is 12.9. The van der Waals surface area contributed by atoms with Gasteiger partial charge in [0, 0.05) is 24.2 Å². The van der Waals surface area contributed by atoms with Gasteiger partial charge in [0.25, 0.3) is 0 Å². The average molecular weight is 449 g/mol. The van der Waals surface area contributed by atoms with Crippen LogP contribution < -0.4 is 9.62 Å². The topological polar surface area (TPSA) is 66.5 Å². The van der Waals surface area contributed by atoms with Gasteiger partial charge in [0.2, 0.25) is 15.9 Å². The number of nitrogens with zero attached hydrogens (tertiary/aromatic N) is 1. The molecule has 3 aromatic rings. The van der Waals surface area contributed by atoms with Crippen LogP contribution in [0.25, 0.3) is 0 Å². The molecule has 1 aliphatic rings. The lowest BCUT2D eigenvalue weighted by Crippen LogP contribution is -2.35. The number of aryl methyl sites for hydroxylation is 1. The SMILES string of the molecule is C[C@H](NS(=O)(=O)c1ccc(CCC(=O)N2c3ccccc3C[C@H]2C)cc1)c1ccccc1. The van der Waals surface area contributed by atoms with Crippen molar-refractivity contribution in [2.45, 2.75) is 50.1 Å². The number of carbonyl (C=O) groups is 1. The van der Waals surface area contributed by atoms with Crippen LogP contribution in [0, 0.1) is 0 Å². The summed E-state index contributed by atoms with van der Waals surface area (Å²) in [4.78, 5) is 15.0. The van der Waals surface area contributed by atoms with Crippen molar-refractivity contribution < 1.29 is 13.2 Å². The van der Waals surface area contributed by atoms with Crippen LogP contribution >= 0.6 is 0 Å². The van der Waals surface area contributed by atoms with Gasteiger partial charge in [0.05, 0.1) is 4.90 Å². The molecule has 0 saturated heterocycles. The normalized spacial score (nSPS) is 16.6. The molecular formula is C26H28N2O3S. The molecule has 1 heterocycles. The lowest BCUT2D eigenvalue weighted by Gasteiger charge is -2.22. The Bertz CT molecular complexity index is 1190. The van der Waals surface area contributed by atoms with Crippen molar-refractivity contribution in [2.75, 3.05) is 4.90 Å². The van der Waals surface area contributed by atoms with Gasteiger partial charge in [0.15, 0.2) is 0 Å². The van der Waals surface area contributed by atoms with Crippen molar-refractivity contribution in [3.63, 3.8) is 0 Å². The van der Waals surface area contributed by atoms with E-state index < -0.39 is 10.0 Å². The van der Waals surface area contributed by atoms with E-state index in [4.69, 9.17) is 0 Å². The summed E-state index contributed by atoms with van der Waals surface area (Å²) in [5.74, 6) is 0.0949. The molecule has 0 fully saturated rings. The lowest BCUT2D eigenvalue weighted by atomic mass is 10.1. The minimum Gasteiger partial charge on any atom is -0.309 e. The number of para-hydroxylation sites is 1. The zero-order valence-electron chi connectivity index (χ0n) is 18.4. The molecule has 0 spiro atoms. The second-order valence-electron chi connectivity index (χ2n) is 8.34. The molecule has 32 heavy (non-hydrogen) atoms. The number of carbonyl (C=O) groups excluding carboxylic acids is 1. The molecule has 4 rings (SSSR count). The Morgan fingerprint density at radius 2 is 1.66 bits per heavy atom. The number of amides is 1. The molecule has 0 radical (unpaired) electrons. The third-order valence-electron chi connectivity index (χ3n) is 5.97. The van der Waals surface area contributed by atoms with Crippen LogP contribution in [0.1, 0.15) is 43.0 Å². The molecule has 5 nitrogen and oxygen atoms in total. The second kappa shape index (κ2) is 9.27. The van der Waals surface area contributed by atoms with Crippen molar-refractivity contribution in [3.05, 3.63) is 95.6 Å². The Kier molecular flexibility index (Phi) is 6.44. The summed E-state index contributed by atoms with van der Waals surface area (Å²) in [6.07, 6.45) is 1.83. The van der Waals surface area contributed by atoms with Crippen LogP contribution in [0.5, 0.6) is 0 Å². The van der Waals surface area contributed by atoms with Gasteiger partial charge in [-0.05, 0) is 61.6 Å². The largest absolute Gasteiger partial charge is 0.309 e. The lowest BCUT2D eigenvalue weighted by molar-refractivity contribution is -0.118. The highest BCUT2D eigenvalue weighted by Gasteiger charge is 2.30. The van der Waals surface area contributed by atoms with Gasteiger partial charge in [-0.1, -0.05) is 60.7 Å². The van der Waals surface area contributed by atoms with Crippen molar-refractivity contribution >= 4 is 21.6 Å². The zero-order chi connectivity index (χ0) is 22.7. The van der Waals surface area contributed by atoms with E-state index in [9.17, 15) is 13.2 Å². The van der Waals surface area contributed by atoms with Gasteiger partial charge in [-0.15, -0.1) is 0 Å². The minimum absolute atomic E-state index is 0.0949. The molecule has 0 saturated carbocycles. The summed E-state index contributed by atoms with van der Waals surface area (Å²) in [6, 6.07) is 24.1. The number of fused-ring (bicyclic) bond motifs is 1. The predicted octanol–water partition coefficient (Wildman–Crippen LogP) is 4.64. The maximum absolute atomic E-state index is 12.9. The quantitative estimate of drug-likeness (QED) is 0.573. The van der Waals surface area contributed by atoms with Gasteiger partial charge in [-0.3, -0.25) is 4.79 Å². The summed E-state index contributed by atoms with van der Waals surface area (Å²) >= 11 is 0. The fraction of sp³-hybridized carbons (Fsp3) is 0.269. The minimum atomic E-state index is -3.63. The van der Waals surface area contributed by atoms with Crippen LogP contribution in [0.15, 0.2) is 83.8 Å². The van der Waals surface area contributed by atoms with Crippen LogP contribution in [-0.4, -0.2) is 20.4 Å². The van der Waals surface area contributed by atoms with E-state index >= 15 is 0 Å². The van der Waals surface area contributed by atoms with Crippen LogP contribution in [-0.2, 0) is 27.7 Å². The van der Waals surface area contributed by atoms with Gasteiger partial charge in [-0.2, -0.15) is 0 Å². The number of hydrogen-bond acceptors (Lipinski definition) is 3. The first kappa shape index (κ1) is 22.2. The Morgan fingerprint density at radius 1 is 1.00 bits per heavy atom. The molecule has 0 aliphatic carbocycles. The van der Waals surface area contributed by atoms with Crippen molar-refractivity contribution in [1.82, 2.24) is 4.72 Å². The molecule has 1 amide bonds. The third kappa shape index (κ3) is 4.76. The molecule has 0 bridgehead atoms. The number of sulfonamides is 1. The highest BCUT2D eigenvalue weighted by Crippen LogP contribution is 2.32. The Morgan fingerprint density at radius 3 is 2.38 bits per heavy atom. The number of anilines is 1. The standard InChI is InChI=1S/C26H28N2O3S/c1-19-18-23-10-6-7-11-25(23)28(19)26(29)17-14-21-12-15-24(16-13-21)32(30,31)27-20(2)22-8-4-3-5-9-22/h3-13,15-16,19-20,27H,14,17-18H2,1-2H3/t19-,20+/m1/s1. The van der Waals surface area contributed by atoms with Crippen molar-refractivity contribution in [3.8, 4) is 0 Å². The number of nitrogens with one attached hydrogen (secondary N) is 1. The van der Waals surface area contributed by atoms with E-state index in [-0.39, 0.29) is 22.9 Å². The molecular weight excluding hydrogens is 420 g/mol. The molecule has 166 valence electrons. The zero-order valence-corrected chi connectivity index (χ0v) is 19.2. The summed E-state index contributed by atoms with van der Waals surface area (Å²) in [5, 5.41) is 0. The monoisotopic (exact) mass is 448 g/mol. The van der Waals surface area contributed by atoms with E-state index in [1.54, 1.807) is 24.3 Å². The van der Waals surface area contributed by atoms with Crippen LogP contribution in [0.3, 0.4) is 0 Å². The Labute approximate surface area is 190 Å². The van der Waals surface area contributed by atoms with Gasteiger partial charge >= 0.3 is 0 Å². The third-order valence-corrected chi connectivity index (χ3v) is 7.53. The van der Waals surface area contributed by atoms with Gasteiger partial charge in [0.1, 0.15) is 0 Å². The highest BCUT2D eigenvalue weighted by molar-refractivity contribution is 7.89. The molecule has 1 N–H and O–H groups in total. The van der Waals surface area contributed by atoms with E-state index in [0.717, 1.165) is 23.2 Å². The average Bonchev–Trinajstić information content (AvgIpc) is 3.14. The molecule has 1 aliphatic heterocycles. The van der Waals surface area contributed by atoms with Crippen LogP contribution in [0.2, 0.25) is 0 Å². The summed E-state index contributed by atoms with van der Waals surface area (Å²) in [5.41, 5.74) is 4.06. The molecule has 2 atom stereocenters. The Hall–Kier alpha value is -2.96. The van der Waals surface area contributed by atoms with E-state index in [2.05, 4.69) is 17.7 Å². The van der Waals surface area contributed by atoms with E-state index in [1.165, 1.54) is 5.56 Å². The van der Waals surface area contributed by atoms with Crippen molar-refractivity contribution in [2.24, 2.45) is 0 Å². The fourth-order valence-corrected chi connectivity index (χ4v) is 5.50. The van der Waals surface area contributed by atoms with E-state index in [1.807, 2.05) is 60.4 Å². The Balaban J connectivity index is 1.38. The summed E-state index contributed by atoms with van der Waals surface area (Å²) in [7, 11) is -3.63. The second-order valence-corrected chi connectivity index (χ2v) is 10.1. The predicted molar refractivity (Wildman–Crippen MR) is 127 cm³/mol. The molecule has 0 aromatic heterocycles. The number of benzene rings is 3. The summed E-state index contributed by atoms with van der Waals surface area (Å²) in [6.45, 7) is 3.89. The molecule has 3 aromatic carbocycles. The summed E-state index contributed by atoms with van der Waals surface area (Å²) < 4.78 is 28.2. The maximum Gasteiger partial charge on any atom is 0.241 e. The highest BCUT2D eigenvalue weighted by atomic mass is 32.2.